The summed E-state index contributed by atoms with van der Waals surface area (Å²) in [5, 5.41) is 20.9. The number of ether oxygens (including phenoxy) is 1. The van der Waals surface area contributed by atoms with E-state index in [1.165, 1.54) is 12.8 Å². The summed E-state index contributed by atoms with van der Waals surface area (Å²) in [5.74, 6) is 1.07. The summed E-state index contributed by atoms with van der Waals surface area (Å²) in [7, 11) is 2.17. The molecule has 6 nitrogen and oxygen atoms in total. The lowest BCUT2D eigenvalue weighted by atomic mass is 9.98. The monoisotopic (exact) mass is 364 g/mol. The van der Waals surface area contributed by atoms with Crippen molar-refractivity contribution in [3.63, 3.8) is 0 Å². The first kappa shape index (κ1) is 16.6. The standard InChI is InChI=1S/C21H24N4O2/c1-13-10-18-16(6-9-27-18)20(26)19(13)17-11-14-5-8-25(21(14)23-22-17)15-4-3-7-24(2)12-15/h5,8,10-11,15,26H,3-4,6-7,9,12H2,1-2H3/t15-/m1/s1. The van der Waals surface area contributed by atoms with Gasteiger partial charge in [-0.3, -0.25) is 0 Å². The predicted octanol–water partition coefficient (Wildman–Crippen LogP) is 3.31. The fraction of sp³-hybridized carbons (Fsp3) is 0.429. The number of fused-ring (bicyclic) bond motifs is 2. The van der Waals surface area contributed by atoms with E-state index in [1.807, 2.05) is 19.1 Å². The SMILES string of the molecule is Cc1cc2c(c(O)c1-c1cc3ccn([C@@H]4CCCN(C)C4)c3nn1)CCO2. The van der Waals surface area contributed by atoms with Crippen molar-refractivity contribution in [2.75, 3.05) is 26.7 Å². The minimum absolute atomic E-state index is 0.282. The summed E-state index contributed by atoms with van der Waals surface area (Å²) in [4.78, 5) is 2.37. The molecule has 0 aliphatic carbocycles. The molecule has 3 aromatic rings. The first-order chi connectivity index (χ1) is 13.1. The van der Waals surface area contributed by atoms with E-state index in [4.69, 9.17) is 4.74 Å². The van der Waals surface area contributed by atoms with Crippen LogP contribution in [-0.2, 0) is 6.42 Å². The molecule has 2 aliphatic rings. The Bertz CT molecular complexity index is 1030. The van der Waals surface area contributed by atoms with Crippen molar-refractivity contribution in [3.05, 3.63) is 35.5 Å². The Labute approximate surface area is 158 Å². The van der Waals surface area contributed by atoms with Crippen LogP contribution in [0.3, 0.4) is 0 Å². The van der Waals surface area contributed by atoms with E-state index in [-0.39, 0.29) is 5.75 Å². The lowest BCUT2D eigenvalue weighted by Gasteiger charge is -2.30. The van der Waals surface area contributed by atoms with Crippen molar-refractivity contribution in [3.8, 4) is 22.8 Å². The molecule has 5 rings (SSSR count). The van der Waals surface area contributed by atoms with Gasteiger partial charge in [0.2, 0.25) is 0 Å². The van der Waals surface area contributed by atoms with Crippen molar-refractivity contribution in [2.45, 2.75) is 32.2 Å². The molecule has 0 spiro atoms. The van der Waals surface area contributed by atoms with Gasteiger partial charge >= 0.3 is 0 Å². The Morgan fingerprint density at radius 1 is 1.26 bits per heavy atom. The maximum Gasteiger partial charge on any atom is 0.162 e. The average molecular weight is 364 g/mol. The van der Waals surface area contributed by atoms with E-state index in [1.54, 1.807) is 0 Å². The second-order valence-corrected chi connectivity index (χ2v) is 7.78. The van der Waals surface area contributed by atoms with Crippen LogP contribution < -0.4 is 4.74 Å². The number of rotatable bonds is 2. The summed E-state index contributed by atoms with van der Waals surface area (Å²) in [6.07, 6.45) is 5.23. The van der Waals surface area contributed by atoms with Crippen LogP contribution in [0.2, 0.25) is 0 Å². The molecule has 1 saturated heterocycles. The molecular formula is C21H24N4O2. The first-order valence-corrected chi connectivity index (χ1v) is 9.63. The van der Waals surface area contributed by atoms with Crippen molar-refractivity contribution in [1.29, 1.82) is 0 Å². The maximum absolute atomic E-state index is 10.8. The zero-order valence-corrected chi connectivity index (χ0v) is 15.8. The van der Waals surface area contributed by atoms with Gasteiger partial charge in [-0.1, -0.05) is 0 Å². The summed E-state index contributed by atoms with van der Waals surface area (Å²) in [5.41, 5.74) is 4.22. The van der Waals surface area contributed by atoms with Crippen LogP contribution in [-0.4, -0.2) is 51.5 Å². The van der Waals surface area contributed by atoms with E-state index < -0.39 is 0 Å². The molecular weight excluding hydrogens is 340 g/mol. The zero-order valence-electron chi connectivity index (χ0n) is 15.8. The molecule has 1 atom stereocenters. The van der Waals surface area contributed by atoms with Crippen molar-refractivity contribution in [2.24, 2.45) is 0 Å². The maximum atomic E-state index is 10.8. The van der Waals surface area contributed by atoms with Gasteiger partial charge in [0.15, 0.2) is 5.65 Å². The van der Waals surface area contributed by atoms with Gasteiger partial charge in [-0.2, -0.15) is 0 Å². The smallest absolute Gasteiger partial charge is 0.162 e. The molecule has 0 radical (unpaired) electrons. The van der Waals surface area contributed by atoms with E-state index in [0.29, 0.717) is 18.3 Å². The van der Waals surface area contributed by atoms with Gasteiger partial charge in [0, 0.05) is 41.7 Å². The van der Waals surface area contributed by atoms with E-state index in [0.717, 1.165) is 53.0 Å². The Morgan fingerprint density at radius 2 is 2.15 bits per heavy atom. The van der Waals surface area contributed by atoms with Crippen molar-refractivity contribution in [1.82, 2.24) is 19.7 Å². The largest absolute Gasteiger partial charge is 0.507 e. The van der Waals surface area contributed by atoms with Gasteiger partial charge < -0.3 is 19.3 Å². The quantitative estimate of drug-likeness (QED) is 0.756. The summed E-state index contributed by atoms with van der Waals surface area (Å²) in [6, 6.07) is 6.57. The predicted molar refractivity (Wildman–Crippen MR) is 104 cm³/mol. The third-order valence-corrected chi connectivity index (χ3v) is 5.88. The van der Waals surface area contributed by atoms with Gasteiger partial charge in [-0.25, -0.2) is 0 Å². The third kappa shape index (κ3) is 2.67. The molecule has 0 unspecified atom stereocenters. The average Bonchev–Trinajstić information content (AvgIpc) is 3.28. The summed E-state index contributed by atoms with van der Waals surface area (Å²) < 4.78 is 7.85. The van der Waals surface area contributed by atoms with E-state index in [2.05, 4.69) is 39.0 Å². The first-order valence-electron chi connectivity index (χ1n) is 9.63. The van der Waals surface area contributed by atoms with Gasteiger partial charge in [-0.15, -0.1) is 10.2 Å². The van der Waals surface area contributed by atoms with Crippen LogP contribution in [0.1, 0.15) is 30.0 Å². The number of aromatic hydroxyl groups is 1. The fourth-order valence-electron chi connectivity index (χ4n) is 4.50. The molecule has 6 heteroatoms. The molecule has 1 aromatic carbocycles. The van der Waals surface area contributed by atoms with Crippen LogP contribution in [0.15, 0.2) is 24.4 Å². The molecule has 27 heavy (non-hydrogen) atoms. The van der Waals surface area contributed by atoms with Gasteiger partial charge in [0.1, 0.15) is 11.5 Å². The molecule has 1 fully saturated rings. The highest BCUT2D eigenvalue weighted by Crippen LogP contribution is 2.42. The molecule has 2 aliphatic heterocycles. The Morgan fingerprint density at radius 3 is 3.00 bits per heavy atom. The molecule has 4 heterocycles. The number of piperidine rings is 1. The Kier molecular flexibility index (Phi) is 3.82. The summed E-state index contributed by atoms with van der Waals surface area (Å²) >= 11 is 0. The Hall–Kier alpha value is -2.60. The number of benzene rings is 1. The van der Waals surface area contributed by atoms with Gasteiger partial charge in [0.05, 0.1) is 12.3 Å². The second-order valence-electron chi connectivity index (χ2n) is 7.78. The topological polar surface area (TPSA) is 63.4 Å². The molecule has 0 saturated carbocycles. The molecule has 140 valence electrons. The van der Waals surface area contributed by atoms with Crippen LogP contribution in [0.25, 0.3) is 22.3 Å². The fourth-order valence-corrected chi connectivity index (χ4v) is 4.50. The minimum Gasteiger partial charge on any atom is -0.507 e. The third-order valence-electron chi connectivity index (χ3n) is 5.88. The number of aryl methyl sites for hydroxylation is 1. The second kappa shape index (κ2) is 6.23. The number of phenolic OH excluding ortho intramolecular Hbond substituents is 1. The normalized spacial score (nSPS) is 20.0. The van der Waals surface area contributed by atoms with Crippen molar-refractivity contribution < 1.29 is 9.84 Å². The molecule has 1 N–H and O–H groups in total. The number of hydrogen-bond donors (Lipinski definition) is 1. The lowest BCUT2D eigenvalue weighted by molar-refractivity contribution is 0.214. The van der Waals surface area contributed by atoms with Crippen LogP contribution in [0, 0.1) is 6.92 Å². The van der Waals surface area contributed by atoms with Crippen LogP contribution in [0.5, 0.6) is 11.5 Å². The van der Waals surface area contributed by atoms with E-state index in [9.17, 15) is 5.11 Å². The number of likely N-dealkylation sites (tertiary alicyclic amines) is 1. The van der Waals surface area contributed by atoms with Gasteiger partial charge in [-0.05, 0) is 57.1 Å². The number of phenols is 1. The highest BCUT2D eigenvalue weighted by molar-refractivity contribution is 5.83. The van der Waals surface area contributed by atoms with E-state index >= 15 is 0 Å². The van der Waals surface area contributed by atoms with Crippen LogP contribution >= 0.6 is 0 Å². The highest BCUT2D eigenvalue weighted by atomic mass is 16.5. The zero-order chi connectivity index (χ0) is 18.5. The molecule has 0 bridgehead atoms. The number of likely N-dealkylation sites (N-methyl/N-ethyl adjacent to an activating group) is 1. The number of aromatic nitrogens is 3. The lowest BCUT2D eigenvalue weighted by Crippen LogP contribution is -2.33. The molecule has 2 aromatic heterocycles. The van der Waals surface area contributed by atoms with Crippen molar-refractivity contribution >= 4 is 11.0 Å². The number of hydrogen-bond acceptors (Lipinski definition) is 5. The van der Waals surface area contributed by atoms with Crippen LogP contribution in [0.4, 0.5) is 0 Å². The summed E-state index contributed by atoms with van der Waals surface area (Å²) in [6.45, 7) is 4.80. The highest BCUT2D eigenvalue weighted by Gasteiger charge is 2.24. The number of nitrogens with zero attached hydrogens (tertiary/aromatic N) is 4. The van der Waals surface area contributed by atoms with Gasteiger partial charge in [0.25, 0.3) is 0 Å². The Balaban J connectivity index is 1.57. The minimum atomic E-state index is 0.282. The molecule has 0 amide bonds.